The molecule has 1 aromatic rings. The molecule has 1 aromatic carbocycles. The highest BCUT2D eigenvalue weighted by atomic mass is 16.7. The maximum absolute atomic E-state index is 6.04. The lowest BCUT2D eigenvalue weighted by atomic mass is 9.89. The molecule has 1 fully saturated rings. The van der Waals surface area contributed by atoms with Gasteiger partial charge in [-0.25, -0.2) is 0 Å². The van der Waals surface area contributed by atoms with Crippen molar-refractivity contribution in [3.05, 3.63) is 23.3 Å². The lowest BCUT2D eigenvalue weighted by Gasteiger charge is -2.35. The summed E-state index contributed by atoms with van der Waals surface area (Å²) in [5.74, 6) is 1.75. The van der Waals surface area contributed by atoms with Gasteiger partial charge >= 0.3 is 0 Å². The molecule has 1 N–H and O–H groups in total. The smallest absolute Gasteiger partial charge is 0.231 e. The SMILES string of the molecule is c1c2c(cc3c1OCO3)[C@H]([C@@H]1CCCCN1)OCC2. The van der Waals surface area contributed by atoms with Gasteiger partial charge in [-0.2, -0.15) is 0 Å². The van der Waals surface area contributed by atoms with Gasteiger partial charge < -0.3 is 19.5 Å². The minimum atomic E-state index is 0.165. The zero-order chi connectivity index (χ0) is 12.7. The van der Waals surface area contributed by atoms with Crippen LogP contribution >= 0.6 is 0 Å². The molecule has 19 heavy (non-hydrogen) atoms. The molecule has 3 aliphatic rings. The van der Waals surface area contributed by atoms with Gasteiger partial charge in [0.2, 0.25) is 6.79 Å². The Hall–Kier alpha value is -1.26. The van der Waals surface area contributed by atoms with Gasteiger partial charge in [-0.05, 0) is 49.1 Å². The predicted octanol–water partition coefficient (Wildman–Crippen LogP) is 2.17. The predicted molar refractivity (Wildman–Crippen MR) is 70.6 cm³/mol. The minimum Gasteiger partial charge on any atom is -0.454 e. The van der Waals surface area contributed by atoms with Crippen LogP contribution in [0.1, 0.15) is 36.5 Å². The van der Waals surface area contributed by atoms with Crippen molar-refractivity contribution in [2.45, 2.75) is 37.8 Å². The van der Waals surface area contributed by atoms with Crippen molar-refractivity contribution in [3.8, 4) is 11.5 Å². The fourth-order valence-corrected chi connectivity index (χ4v) is 3.34. The van der Waals surface area contributed by atoms with E-state index in [-0.39, 0.29) is 6.10 Å². The topological polar surface area (TPSA) is 39.7 Å². The van der Waals surface area contributed by atoms with E-state index >= 15 is 0 Å². The Kier molecular flexibility index (Phi) is 2.85. The van der Waals surface area contributed by atoms with Crippen LogP contribution in [0.15, 0.2) is 12.1 Å². The summed E-state index contributed by atoms with van der Waals surface area (Å²) < 4.78 is 17.0. The second-order valence-corrected chi connectivity index (χ2v) is 5.50. The number of nitrogens with one attached hydrogen (secondary N) is 1. The van der Waals surface area contributed by atoms with E-state index in [1.165, 1.54) is 30.4 Å². The number of hydrogen-bond acceptors (Lipinski definition) is 4. The largest absolute Gasteiger partial charge is 0.454 e. The third-order valence-corrected chi connectivity index (χ3v) is 4.32. The molecule has 0 unspecified atom stereocenters. The van der Waals surface area contributed by atoms with Gasteiger partial charge in [-0.15, -0.1) is 0 Å². The molecule has 4 rings (SSSR count). The van der Waals surface area contributed by atoms with Gasteiger partial charge in [0.1, 0.15) is 0 Å². The number of ether oxygens (including phenoxy) is 3. The minimum absolute atomic E-state index is 0.165. The molecule has 0 amide bonds. The lowest BCUT2D eigenvalue weighted by molar-refractivity contribution is 0.00884. The molecule has 2 atom stereocenters. The van der Waals surface area contributed by atoms with Crippen LogP contribution in [0.4, 0.5) is 0 Å². The number of benzene rings is 1. The van der Waals surface area contributed by atoms with E-state index < -0.39 is 0 Å². The molecule has 1 saturated heterocycles. The molecular weight excluding hydrogens is 242 g/mol. The Morgan fingerprint density at radius 1 is 1.11 bits per heavy atom. The first-order valence-corrected chi connectivity index (χ1v) is 7.19. The monoisotopic (exact) mass is 261 g/mol. The molecule has 4 heteroatoms. The van der Waals surface area contributed by atoms with E-state index in [0.717, 1.165) is 31.1 Å². The molecule has 4 nitrogen and oxygen atoms in total. The van der Waals surface area contributed by atoms with Crippen molar-refractivity contribution in [1.29, 1.82) is 0 Å². The Balaban J connectivity index is 1.69. The van der Waals surface area contributed by atoms with Crippen molar-refractivity contribution in [1.82, 2.24) is 5.32 Å². The van der Waals surface area contributed by atoms with Crippen LogP contribution in [0.5, 0.6) is 11.5 Å². The van der Waals surface area contributed by atoms with Gasteiger partial charge in [0, 0.05) is 6.04 Å². The molecule has 102 valence electrons. The highest BCUT2D eigenvalue weighted by Gasteiger charge is 2.31. The normalized spacial score (nSPS) is 29.1. The summed E-state index contributed by atoms with van der Waals surface area (Å²) in [4.78, 5) is 0. The second-order valence-electron chi connectivity index (χ2n) is 5.50. The second kappa shape index (κ2) is 4.69. The van der Waals surface area contributed by atoms with Crippen molar-refractivity contribution in [2.75, 3.05) is 19.9 Å². The van der Waals surface area contributed by atoms with Gasteiger partial charge in [0.25, 0.3) is 0 Å². The molecule has 3 aliphatic heterocycles. The van der Waals surface area contributed by atoms with E-state index in [1.54, 1.807) is 0 Å². The van der Waals surface area contributed by atoms with Crippen LogP contribution in [-0.4, -0.2) is 26.0 Å². The number of rotatable bonds is 1. The van der Waals surface area contributed by atoms with E-state index in [4.69, 9.17) is 14.2 Å². The first-order chi connectivity index (χ1) is 9.42. The summed E-state index contributed by atoms with van der Waals surface area (Å²) in [6.07, 6.45) is 4.89. The maximum Gasteiger partial charge on any atom is 0.231 e. The molecule has 0 radical (unpaired) electrons. The summed E-state index contributed by atoms with van der Waals surface area (Å²) >= 11 is 0. The van der Waals surface area contributed by atoms with Crippen molar-refractivity contribution in [3.63, 3.8) is 0 Å². The summed E-state index contributed by atoms with van der Waals surface area (Å²) in [6.45, 7) is 2.24. The third kappa shape index (κ3) is 1.99. The van der Waals surface area contributed by atoms with Crippen LogP contribution in [0, 0.1) is 0 Å². The summed E-state index contributed by atoms with van der Waals surface area (Å²) in [7, 11) is 0. The summed E-state index contributed by atoms with van der Waals surface area (Å²) in [5, 5.41) is 3.60. The Morgan fingerprint density at radius 2 is 2.00 bits per heavy atom. The van der Waals surface area contributed by atoms with Crippen LogP contribution in [0.2, 0.25) is 0 Å². The van der Waals surface area contributed by atoms with Crippen LogP contribution < -0.4 is 14.8 Å². The first-order valence-electron chi connectivity index (χ1n) is 7.19. The Bertz CT molecular complexity index is 483. The average molecular weight is 261 g/mol. The van der Waals surface area contributed by atoms with E-state index in [9.17, 15) is 0 Å². The highest BCUT2D eigenvalue weighted by molar-refractivity contribution is 5.50. The molecule has 0 aromatic heterocycles. The molecule has 0 saturated carbocycles. The molecule has 0 spiro atoms. The van der Waals surface area contributed by atoms with Gasteiger partial charge in [-0.1, -0.05) is 6.42 Å². The summed E-state index contributed by atoms with van der Waals surface area (Å²) in [6, 6.07) is 4.70. The van der Waals surface area contributed by atoms with Gasteiger partial charge in [-0.3, -0.25) is 0 Å². The standard InChI is InChI=1S/C15H19NO3/c1-2-5-16-12(3-1)15-11-8-14-13(18-9-19-14)7-10(11)4-6-17-15/h7-8,12,15-16H,1-6,9H2/t12-,15+/m0/s1. The van der Waals surface area contributed by atoms with Crippen LogP contribution in [0.3, 0.4) is 0 Å². The van der Waals surface area contributed by atoms with Crippen molar-refractivity contribution in [2.24, 2.45) is 0 Å². The average Bonchev–Trinajstić information content (AvgIpc) is 2.92. The molecular formula is C15H19NO3. The van der Waals surface area contributed by atoms with Crippen molar-refractivity contribution < 1.29 is 14.2 Å². The van der Waals surface area contributed by atoms with Crippen LogP contribution in [-0.2, 0) is 11.2 Å². The quantitative estimate of drug-likeness (QED) is 0.841. The zero-order valence-corrected chi connectivity index (χ0v) is 11.0. The molecule has 0 bridgehead atoms. The summed E-state index contributed by atoms with van der Waals surface area (Å²) in [5.41, 5.74) is 2.64. The maximum atomic E-state index is 6.04. The number of hydrogen-bond donors (Lipinski definition) is 1. The van der Waals surface area contributed by atoms with Gasteiger partial charge in [0.15, 0.2) is 11.5 Å². The van der Waals surface area contributed by atoms with Crippen molar-refractivity contribution >= 4 is 0 Å². The van der Waals surface area contributed by atoms with E-state index in [1.807, 2.05) is 0 Å². The third-order valence-electron chi connectivity index (χ3n) is 4.32. The van der Waals surface area contributed by atoms with Crippen LogP contribution in [0.25, 0.3) is 0 Å². The van der Waals surface area contributed by atoms with E-state index in [0.29, 0.717) is 12.8 Å². The van der Waals surface area contributed by atoms with Gasteiger partial charge in [0.05, 0.1) is 12.7 Å². The highest BCUT2D eigenvalue weighted by Crippen LogP contribution is 2.41. The molecule has 0 aliphatic carbocycles. The first kappa shape index (κ1) is 11.6. The van der Waals surface area contributed by atoms with E-state index in [2.05, 4.69) is 17.4 Å². The zero-order valence-electron chi connectivity index (χ0n) is 11.0. The fraction of sp³-hybridized carbons (Fsp3) is 0.600. The molecule has 3 heterocycles. The number of piperidine rings is 1. The Morgan fingerprint density at radius 3 is 2.84 bits per heavy atom. The number of fused-ring (bicyclic) bond motifs is 2. The lowest BCUT2D eigenvalue weighted by Crippen LogP contribution is -2.41. The Labute approximate surface area is 113 Å². The fourth-order valence-electron chi connectivity index (χ4n) is 3.34.